The third-order valence-electron chi connectivity index (χ3n) is 8.17. The molecule has 0 radical (unpaired) electrons. The third kappa shape index (κ3) is 4.58. The van der Waals surface area contributed by atoms with E-state index in [2.05, 4.69) is 42.0 Å². The predicted octanol–water partition coefficient (Wildman–Crippen LogP) is 6.80. The molecular formula is C30H35BrN4O4. The second kappa shape index (κ2) is 9.84. The first-order valence-electron chi connectivity index (χ1n) is 13.9. The number of fused-ring (bicyclic) bond motifs is 5. The standard InChI is InChI=1S/C30H35BrN4O4/c1-30(2,3)39-29(37)33-14-12-18(13-15-33)20-16-23-24(17-25(20)38-4)35-22-11-7-10-21(31)26(22)27(36)32-28(35)34(23)19-8-5-6-9-19/h7,10-11,16-19H,5-6,8-9,12-15H2,1-4H3. The summed E-state index contributed by atoms with van der Waals surface area (Å²) in [6.45, 7) is 6.96. The van der Waals surface area contributed by atoms with Crippen LogP contribution in [-0.4, -0.2) is 50.7 Å². The number of likely N-dealkylation sites (tertiary alicyclic amines) is 1. The zero-order valence-corrected chi connectivity index (χ0v) is 24.6. The van der Waals surface area contributed by atoms with Gasteiger partial charge in [-0.25, -0.2) is 4.79 Å². The van der Waals surface area contributed by atoms with E-state index in [9.17, 15) is 9.59 Å². The molecule has 0 spiro atoms. The van der Waals surface area contributed by atoms with Crippen molar-refractivity contribution in [2.75, 3.05) is 20.2 Å². The number of methoxy groups -OCH3 is 1. The molecule has 2 aliphatic rings. The molecule has 8 nitrogen and oxygen atoms in total. The second-order valence-corrected chi connectivity index (χ2v) is 12.7. The molecule has 39 heavy (non-hydrogen) atoms. The average Bonchev–Trinajstić information content (AvgIpc) is 3.52. The highest BCUT2D eigenvalue weighted by molar-refractivity contribution is 9.10. The van der Waals surface area contributed by atoms with E-state index in [4.69, 9.17) is 9.47 Å². The number of nitrogens with zero attached hydrogens (tertiary/aromatic N) is 4. The van der Waals surface area contributed by atoms with Gasteiger partial charge in [0.1, 0.15) is 11.4 Å². The summed E-state index contributed by atoms with van der Waals surface area (Å²) in [5, 5.41) is 0.582. The van der Waals surface area contributed by atoms with Gasteiger partial charge in [-0.1, -0.05) is 18.9 Å². The SMILES string of the molecule is COc1cc2c(cc1C1CCN(C(=O)OC(C)(C)C)CC1)n(C1CCCC1)c1nc(=O)c3c(Br)cccc3n21. The maximum atomic E-state index is 13.2. The maximum Gasteiger partial charge on any atom is 0.410 e. The fraction of sp³-hybridized carbons (Fsp3) is 0.500. The van der Waals surface area contributed by atoms with Gasteiger partial charge in [-0.2, -0.15) is 4.98 Å². The molecular weight excluding hydrogens is 560 g/mol. The number of carbonyl (C=O) groups excluding carboxylic acids is 1. The normalized spacial score (nSPS) is 17.5. The Morgan fingerprint density at radius 1 is 1.03 bits per heavy atom. The molecule has 1 aliphatic carbocycles. The molecule has 0 atom stereocenters. The Morgan fingerprint density at radius 2 is 1.74 bits per heavy atom. The van der Waals surface area contributed by atoms with Crippen LogP contribution in [0.2, 0.25) is 0 Å². The molecule has 206 valence electrons. The predicted molar refractivity (Wildman–Crippen MR) is 156 cm³/mol. The molecule has 6 rings (SSSR count). The molecule has 1 amide bonds. The topological polar surface area (TPSA) is 78.1 Å². The molecule has 1 saturated carbocycles. The van der Waals surface area contributed by atoms with Crippen molar-refractivity contribution in [2.24, 2.45) is 0 Å². The van der Waals surface area contributed by atoms with Crippen molar-refractivity contribution in [1.29, 1.82) is 0 Å². The monoisotopic (exact) mass is 594 g/mol. The van der Waals surface area contributed by atoms with Crippen molar-refractivity contribution in [3.8, 4) is 5.75 Å². The van der Waals surface area contributed by atoms with Gasteiger partial charge in [0.2, 0.25) is 5.78 Å². The second-order valence-electron chi connectivity index (χ2n) is 11.8. The molecule has 0 N–H and O–H groups in total. The third-order valence-corrected chi connectivity index (χ3v) is 8.83. The van der Waals surface area contributed by atoms with Gasteiger partial charge in [-0.3, -0.25) is 9.20 Å². The number of hydrogen-bond acceptors (Lipinski definition) is 5. The molecule has 2 fully saturated rings. The summed E-state index contributed by atoms with van der Waals surface area (Å²) in [5.41, 5.74) is 3.31. The summed E-state index contributed by atoms with van der Waals surface area (Å²) in [7, 11) is 1.71. The lowest BCUT2D eigenvalue weighted by Crippen LogP contribution is -2.41. The van der Waals surface area contributed by atoms with Gasteiger partial charge in [0.25, 0.3) is 5.56 Å². The first kappa shape index (κ1) is 26.2. The Balaban J connectivity index is 1.49. The fourth-order valence-corrected chi connectivity index (χ4v) is 6.91. The van der Waals surface area contributed by atoms with Gasteiger partial charge in [0, 0.05) is 29.7 Å². The number of benzene rings is 2. The van der Waals surface area contributed by atoms with Gasteiger partial charge in [0.05, 0.1) is 29.0 Å². The summed E-state index contributed by atoms with van der Waals surface area (Å²) >= 11 is 3.57. The van der Waals surface area contributed by atoms with Crippen LogP contribution in [0, 0.1) is 0 Å². The highest BCUT2D eigenvalue weighted by Crippen LogP contribution is 2.41. The van der Waals surface area contributed by atoms with Crippen molar-refractivity contribution in [3.05, 3.63) is 50.7 Å². The van der Waals surface area contributed by atoms with Gasteiger partial charge in [0.15, 0.2) is 0 Å². The van der Waals surface area contributed by atoms with Crippen LogP contribution in [0.4, 0.5) is 4.79 Å². The number of ether oxygens (including phenoxy) is 2. The van der Waals surface area contributed by atoms with Crippen LogP contribution in [0.15, 0.2) is 39.6 Å². The van der Waals surface area contributed by atoms with E-state index in [1.54, 1.807) is 7.11 Å². The molecule has 2 aromatic carbocycles. The summed E-state index contributed by atoms with van der Waals surface area (Å²) in [4.78, 5) is 32.3. The lowest BCUT2D eigenvalue weighted by molar-refractivity contribution is 0.0204. The molecule has 4 aromatic rings. The number of aromatic nitrogens is 3. The summed E-state index contributed by atoms with van der Waals surface area (Å²) in [6.07, 6.45) is 5.90. The highest BCUT2D eigenvalue weighted by Gasteiger charge is 2.31. The van der Waals surface area contributed by atoms with Crippen LogP contribution in [-0.2, 0) is 4.74 Å². The minimum Gasteiger partial charge on any atom is -0.496 e. The molecule has 2 aromatic heterocycles. The highest BCUT2D eigenvalue weighted by atomic mass is 79.9. The van der Waals surface area contributed by atoms with Gasteiger partial charge < -0.3 is 18.9 Å². The van der Waals surface area contributed by atoms with Crippen LogP contribution in [0.3, 0.4) is 0 Å². The zero-order valence-electron chi connectivity index (χ0n) is 23.0. The van der Waals surface area contributed by atoms with Crippen LogP contribution >= 0.6 is 15.9 Å². The lowest BCUT2D eigenvalue weighted by Gasteiger charge is -2.34. The number of hydrogen-bond donors (Lipinski definition) is 0. The minimum absolute atomic E-state index is 0.221. The summed E-state index contributed by atoms with van der Waals surface area (Å²) in [5.74, 6) is 1.76. The smallest absolute Gasteiger partial charge is 0.410 e. The van der Waals surface area contributed by atoms with Crippen molar-refractivity contribution in [2.45, 2.75) is 76.9 Å². The average molecular weight is 596 g/mol. The van der Waals surface area contributed by atoms with Crippen LogP contribution in [0.5, 0.6) is 5.75 Å². The van der Waals surface area contributed by atoms with Crippen molar-refractivity contribution < 1.29 is 14.3 Å². The van der Waals surface area contributed by atoms with E-state index < -0.39 is 5.60 Å². The first-order valence-corrected chi connectivity index (χ1v) is 14.7. The van der Waals surface area contributed by atoms with E-state index in [1.807, 2.05) is 43.9 Å². The van der Waals surface area contributed by atoms with Gasteiger partial charge in [-0.05, 0) is 92.1 Å². The first-order chi connectivity index (χ1) is 18.7. The minimum atomic E-state index is -0.509. The molecule has 3 heterocycles. The Hall–Kier alpha value is -3.07. The fourth-order valence-electron chi connectivity index (χ4n) is 6.39. The Labute approximate surface area is 236 Å². The summed E-state index contributed by atoms with van der Waals surface area (Å²) in [6, 6.07) is 10.5. The summed E-state index contributed by atoms with van der Waals surface area (Å²) < 4.78 is 16.7. The number of rotatable bonds is 3. The quantitative estimate of drug-likeness (QED) is 0.260. The Morgan fingerprint density at radius 3 is 2.41 bits per heavy atom. The number of imidazole rings is 1. The Kier molecular flexibility index (Phi) is 6.60. The molecule has 9 heteroatoms. The zero-order chi connectivity index (χ0) is 27.5. The van der Waals surface area contributed by atoms with Crippen LogP contribution < -0.4 is 10.3 Å². The molecule has 0 unspecified atom stereocenters. The van der Waals surface area contributed by atoms with E-state index in [0.29, 0.717) is 30.3 Å². The number of amides is 1. The molecule has 1 saturated heterocycles. The van der Waals surface area contributed by atoms with Gasteiger partial charge >= 0.3 is 6.09 Å². The van der Waals surface area contributed by atoms with Crippen LogP contribution in [0.25, 0.3) is 27.7 Å². The maximum absolute atomic E-state index is 13.2. The van der Waals surface area contributed by atoms with Crippen molar-refractivity contribution >= 4 is 49.7 Å². The number of carbonyl (C=O) groups is 1. The van der Waals surface area contributed by atoms with E-state index in [-0.39, 0.29) is 17.6 Å². The van der Waals surface area contributed by atoms with Crippen LogP contribution in [0.1, 0.15) is 76.8 Å². The largest absolute Gasteiger partial charge is 0.496 e. The van der Waals surface area contributed by atoms with Crippen molar-refractivity contribution in [3.63, 3.8) is 0 Å². The van der Waals surface area contributed by atoms with Gasteiger partial charge in [-0.15, -0.1) is 0 Å². The van der Waals surface area contributed by atoms with E-state index >= 15 is 0 Å². The number of halogens is 1. The Bertz CT molecular complexity index is 1640. The molecule has 0 bridgehead atoms. The van der Waals surface area contributed by atoms with Crippen molar-refractivity contribution in [1.82, 2.24) is 18.9 Å². The number of piperidine rings is 1. The molecule has 1 aliphatic heterocycles. The van der Waals surface area contributed by atoms with E-state index in [1.165, 1.54) is 12.8 Å². The van der Waals surface area contributed by atoms with E-state index in [0.717, 1.165) is 58.0 Å². The lowest BCUT2D eigenvalue weighted by atomic mass is 9.88.